The molecule has 0 aliphatic heterocycles. The van der Waals surface area contributed by atoms with Gasteiger partial charge in [0.1, 0.15) is 23.7 Å². The molecule has 116 valence electrons. The second-order valence-corrected chi connectivity index (χ2v) is 4.81. The highest BCUT2D eigenvalue weighted by Gasteiger charge is 2.19. The maximum Gasteiger partial charge on any atom is 0.225 e. The van der Waals surface area contributed by atoms with E-state index in [1.165, 1.54) is 19.4 Å². The van der Waals surface area contributed by atoms with Crippen molar-refractivity contribution >= 4 is 11.7 Å². The van der Waals surface area contributed by atoms with Crippen molar-refractivity contribution in [2.75, 3.05) is 5.84 Å². The van der Waals surface area contributed by atoms with Crippen LogP contribution in [0.1, 0.15) is 23.0 Å². The summed E-state index contributed by atoms with van der Waals surface area (Å²) in [6.45, 7) is 1.49. The van der Waals surface area contributed by atoms with Crippen molar-refractivity contribution in [3.05, 3.63) is 53.6 Å². The van der Waals surface area contributed by atoms with Crippen LogP contribution in [0.3, 0.4) is 0 Å². The molecule has 3 N–H and O–H groups in total. The van der Waals surface area contributed by atoms with Crippen LogP contribution in [0.2, 0.25) is 0 Å². The van der Waals surface area contributed by atoms with Crippen molar-refractivity contribution in [3.63, 3.8) is 0 Å². The van der Waals surface area contributed by atoms with E-state index < -0.39 is 29.4 Å². The molecule has 0 saturated carbocycles. The molecule has 6 nitrogen and oxygen atoms in total. The zero-order valence-electron chi connectivity index (χ0n) is 11.7. The zero-order valence-corrected chi connectivity index (χ0v) is 11.7. The molecule has 1 atom stereocenters. The maximum atomic E-state index is 13.0. The van der Waals surface area contributed by atoms with Crippen molar-refractivity contribution in [2.24, 2.45) is 0 Å². The number of benzene rings is 1. The van der Waals surface area contributed by atoms with Crippen molar-refractivity contribution in [3.8, 4) is 0 Å². The van der Waals surface area contributed by atoms with E-state index in [0.29, 0.717) is 0 Å². The number of rotatable bonds is 5. The third-order valence-electron chi connectivity index (χ3n) is 2.91. The van der Waals surface area contributed by atoms with Crippen molar-refractivity contribution in [1.82, 2.24) is 15.0 Å². The number of Topliss-reactive ketones (excluding diaryl/α,β-unsaturated/α-hetero) is 1. The lowest BCUT2D eigenvalue weighted by atomic mass is 10.1. The second kappa shape index (κ2) is 6.33. The van der Waals surface area contributed by atoms with E-state index in [0.717, 1.165) is 22.9 Å². The fourth-order valence-corrected chi connectivity index (χ4v) is 1.94. The fraction of sp³-hybridized carbons (Fsp3) is 0.214. The summed E-state index contributed by atoms with van der Waals surface area (Å²) in [6, 6.07) is 2.01. The molecule has 2 aromatic rings. The topological polar surface area (TPSA) is 90.0 Å². The lowest BCUT2D eigenvalue weighted by Gasteiger charge is -2.11. The summed E-state index contributed by atoms with van der Waals surface area (Å²) < 4.78 is 27.2. The van der Waals surface area contributed by atoms with Gasteiger partial charge in [-0.3, -0.25) is 14.3 Å². The monoisotopic (exact) mass is 308 g/mol. The average Bonchev–Trinajstić information content (AvgIpc) is 2.82. The molecule has 1 heterocycles. The lowest BCUT2D eigenvalue weighted by Crippen LogP contribution is -2.39. The van der Waals surface area contributed by atoms with Gasteiger partial charge in [0, 0.05) is 6.07 Å². The van der Waals surface area contributed by atoms with Gasteiger partial charge in [-0.15, -0.1) is 0 Å². The van der Waals surface area contributed by atoms with Crippen LogP contribution >= 0.6 is 0 Å². The summed E-state index contributed by atoms with van der Waals surface area (Å²) in [5.74, 6) is 2.92. The minimum Gasteiger partial charge on any atom is -0.346 e. The minimum absolute atomic E-state index is 0.118. The van der Waals surface area contributed by atoms with Gasteiger partial charge < -0.3 is 11.2 Å². The number of carbonyl (C=O) groups is 2. The first-order valence-corrected chi connectivity index (χ1v) is 6.43. The van der Waals surface area contributed by atoms with Gasteiger partial charge in [-0.1, -0.05) is 0 Å². The molecule has 8 heteroatoms. The predicted molar refractivity (Wildman–Crippen MR) is 74.4 cm³/mol. The van der Waals surface area contributed by atoms with E-state index in [9.17, 15) is 18.4 Å². The number of hydrogen-bond acceptors (Lipinski definition) is 4. The van der Waals surface area contributed by atoms with Crippen LogP contribution in [-0.2, 0) is 11.2 Å². The van der Waals surface area contributed by atoms with Crippen LogP contribution in [-0.4, -0.2) is 27.4 Å². The Morgan fingerprint density at radius 3 is 2.50 bits per heavy atom. The first-order chi connectivity index (χ1) is 10.3. The maximum absolute atomic E-state index is 13.0. The third-order valence-corrected chi connectivity index (χ3v) is 2.91. The number of amides is 1. The first-order valence-electron chi connectivity index (χ1n) is 6.43. The number of nitrogen functional groups attached to an aromatic ring is 1. The second-order valence-electron chi connectivity index (χ2n) is 4.81. The van der Waals surface area contributed by atoms with Gasteiger partial charge in [-0.05, 0) is 24.6 Å². The number of hydrogen-bond donors (Lipinski definition) is 2. The van der Waals surface area contributed by atoms with Gasteiger partial charge in [-0.25, -0.2) is 13.8 Å². The molecular weight excluding hydrogens is 294 g/mol. The van der Waals surface area contributed by atoms with Crippen LogP contribution in [0.4, 0.5) is 8.78 Å². The van der Waals surface area contributed by atoms with E-state index in [4.69, 9.17) is 5.84 Å². The predicted octanol–water partition coefficient (Wildman–Crippen LogP) is 0.805. The highest BCUT2D eigenvalue weighted by molar-refractivity contribution is 6.00. The molecule has 0 fully saturated rings. The Kier molecular flexibility index (Phi) is 4.50. The Labute approximate surface area is 124 Å². The summed E-state index contributed by atoms with van der Waals surface area (Å²) in [5, 5.41) is 2.45. The molecule has 1 amide bonds. The molecule has 0 saturated heterocycles. The summed E-state index contributed by atoms with van der Waals surface area (Å²) in [5.41, 5.74) is 0.299. The average molecular weight is 308 g/mol. The van der Waals surface area contributed by atoms with Crippen LogP contribution in [0.5, 0.6) is 0 Å². The molecule has 2 rings (SSSR count). The van der Waals surface area contributed by atoms with E-state index in [1.807, 2.05) is 0 Å². The van der Waals surface area contributed by atoms with E-state index >= 15 is 0 Å². The number of aromatic nitrogens is 2. The third kappa shape index (κ3) is 3.87. The number of imidazole rings is 1. The number of halogens is 2. The van der Waals surface area contributed by atoms with Crippen LogP contribution in [0.25, 0.3) is 0 Å². The quantitative estimate of drug-likeness (QED) is 0.631. The Morgan fingerprint density at radius 2 is 1.95 bits per heavy atom. The van der Waals surface area contributed by atoms with Gasteiger partial charge >= 0.3 is 0 Å². The number of nitrogens with zero attached hydrogens (tertiary/aromatic N) is 2. The SMILES string of the molecule is C[C@@H](NC(=O)Cc1cc(F)cc(F)c1)C(=O)c1cn(N)cn1. The standard InChI is InChI=1S/C14H14F2N4O2/c1-8(14(22)12-6-20(17)7-18-12)19-13(21)4-9-2-10(15)5-11(16)3-9/h2-3,5-8H,4,17H2,1H3,(H,19,21)/t8-/m1/s1. The Morgan fingerprint density at radius 1 is 1.32 bits per heavy atom. The smallest absolute Gasteiger partial charge is 0.225 e. The number of ketones is 1. The molecule has 0 aliphatic rings. The number of carbonyl (C=O) groups excluding carboxylic acids is 2. The zero-order chi connectivity index (χ0) is 16.3. The van der Waals surface area contributed by atoms with Gasteiger partial charge in [-0.2, -0.15) is 0 Å². The van der Waals surface area contributed by atoms with Gasteiger partial charge in [0.15, 0.2) is 0 Å². The van der Waals surface area contributed by atoms with E-state index in [-0.39, 0.29) is 17.7 Å². The summed E-state index contributed by atoms with van der Waals surface area (Å²) in [7, 11) is 0. The van der Waals surface area contributed by atoms with Crippen LogP contribution in [0.15, 0.2) is 30.7 Å². The Bertz CT molecular complexity index is 694. The molecule has 1 aromatic heterocycles. The molecule has 0 radical (unpaired) electrons. The van der Waals surface area contributed by atoms with Crippen LogP contribution in [0, 0.1) is 11.6 Å². The minimum atomic E-state index is -0.833. The Hall–Kier alpha value is -2.77. The number of nitrogens with two attached hydrogens (primary N) is 1. The molecule has 0 bridgehead atoms. The van der Waals surface area contributed by atoms with Crippen molar-refractivity contribution in [1.29, 1.82) is 0 Å². The largest absolute Gasteiger partial charge is 0.346 e. The van der Waals surface area contributed by atoms with Gasteiger partial charge in [0.2, 0.25) is 11.7 Å². The van der Waals surface area contributed by atoms with Gasteiger partial charge in [0.25, 0.3) is 0 Å². The van der Waals surface area contributed by atoms with E-state index in [1.54, 1.807) is 0 Å². The van der Waals surface area contributed by atoms with Crippen LogP contribution < -0.4 is 11.2 Å². The molecule has 0 aliphatic carbocycles. The summed E-state index contributed by atoms with van der Waals surface area (Å²) in [4.78, 5) is 27.6. The summed E-state index contributed by atoms with van der Waals surface area (Å²) in [6.07, 6.45) is 2.35. The molecule has 0 spiro atoms. The summed E-state index contributed by atoms with van der Waals surface area (Å²) >= 11 is 0. The van der Waals surface area contributed by atoms with Crippen molar-refractivity contribution in [2.45, 2.75) is 19.4 Å². The molecule has 0 unspecified atom stereocenters. The fourth-order valence-electron chi connectivity index (χ4n) is 1.94. The van der Waals surface area contributed by atoms with E-state index in [2.05, 4.69) is 10.3 Å². The molecule has 22 heavy (non-hydrogen) atoms. The lowest BCUT2D eigenvalue weighted by molar-refractivity contribution is -0.120. The number of nitrogens with one attached hydrogen (secondary N) is 1. The highest BCUT2D eigenvalue weighted by atomic mass is 19.1. The normalized spacial score (nSPS) is 12.0. The molecular formula is C14H14F2N4O2. The van der Waals surface area contributed by atoms with Gasteiger partial charge in [0.05, 0.1) is 18.7 Å². The molecule has 1 aromatic carbocycles. The Balaban J connectivity index is 1.97. The van der Waals surface area contributed by atoms with Crippen molar-refractivity contribution < 1.29 is 18.4 Å². The first kappa shape index (κ1) is 15.6. The highest BCUT2D eigenvalue weighted by Crippen LogP contribution is 2.09.